The third kappa shape index (κ3) is 5.26. The van der Waals surface area contributed by atoms with Gasteiger partial charge < -0.3 is 24.1 Å². The molecule has 1 unspecified atom stereocenters. The lowest BCUT2D eigenvalue weighted by molar-refractivity contribution is 0.0430. The van der Waals surface area contributed by atoms with Crippen LogP contribution >= 0.6 is 0 Å². The first kappa shape index (κ1) is 16.2. The Bertz CT molecular complexity index is 399. The first-order valence-electron chi connectivity index (χ1n) is 7.72. The first-order chi connectivity index (χ1) is 10.3. The number of ether oxygens (including phenoxy) is 2. The normalized spacial score (nSPS) is 19.1. The Balaban J connectivity index is 1.79. The van der Waals surface area contributed by atoms with Crippen molar-refractivity contribution in [2.24, 2.45) is 0 Å². The number of rotatable bonds is 9. The number of nitrogens with zero attached hydrogens (tertiary/aromatic N) is 3. The lowest BCUT2D eigenvalue weighted by atomic mass is 10.1. The molecule has 1 N–H and O–H groups in total. The van der Waals surface area contributed by atoms with Crippen molar-refractivity contribution in [3.8, 4) is 0 Å². The predicted molar refractivity (Wildman–Crippen MR) is 79.4 cm³/mol. The van der Waals surface area contributed by atoms with E-state index in [0.717, 1.165) is 45.5 Å². The van der Waals surface area contributed by atoms with Gasteiger partial charge in [0.15, 0.2) is 0 Å². The maximum Gasteiger partial charge on any atom is 0.318 e. The second kappa shape index (κ2) is 8.96. The highest BCUT2D eigenvalue weighted by molar-refractivity contribution is 5.25. The third-order valence-electron chi connectivity index (χ3n) is 3.42. The van der Waals surface area contributed by atoms with Gasteiger partial charge in [0, 0.05) is 33.4 Å². The lowest BCUT2D eigenvalue weighted by Crippen LogP contribution is -2.40. The number of aromatic nitrogens is 2. The van der Waals surface area contributed by atoms with Crippen LogP contribution in [0.15, 0.2) is 4.42 Å². The Kier molecular flexibility index (Phi) is 6.91. The van der Waals surface area contributed by atoms with Crippen LogP contribution in [0, 0.1) is 0 Å². The van der Waals surface area contributed by atoms with Crippen LogP contribution in [0.3, 0.4) is 0 Å². The van der Waals surface area contributed by atoms with Crippen LogP contribution < -0.4 is 10.2 Å². The van der Waals surface area contributed by atoms with Gasteiger partial charge in [0.2, 0.25) is 5.89 Å². The molecule has 1 fully saturated rings. The van der Waals surface area contributed by atoms with Crippen molar-refractivity contribution in [1.82, 2.24) is 15.5 Å². The van der Waals surface area contributed by atoms with Gasteiger partial charge >= 0.3 is 6.01 Å². The van der Waals surface area contributed by atoms with E-state index in [1.807, 2.05) is 0 Å². The topological polar surface area (TPSA) is 72.7 Å². The fraction of sp³-hybridized carbons (Fsp3) is 0.857. The fourth-order valence-corrected chi connectivity index (χ4v) is 2.35. The summed E-state index contributed by atoms with van der Waals surface area (Å²) >= 11 is 0. The molecule has 0 amide bonds. The Hall–Kier alpha value is -1.18. The lowest BCUT2D eigenvalue weighted by Gasteiger charge is -2.31. The minimum atomic E-state index is 0.272. The van der Waals surface area contributed by atoms with Crippen LogP contribution in [0.1, 0.15) is 32.1 Å². The van der Waals surface area contributed by atoms with Crippen molar-refractivity contribution in [3.63, 3.8) is 0 Å². The van der Waals surface area contributed by atoms with E-state index < -0.39 is 0 Å². The summed E-state index contributed by atoms with van der Waals surface area (Å²) in [5.41, 5.74) is 0. The monoisotopic (exact) mass is 298 g/mol. The fourth-order valence-electron chi connectivity index (χ4n) is 2.35. The van der Waals surface area contributed by atoms with E-state index in [2.05, 4.69) is 27.3 Å². The van der Waals surface area contributed by atoms with Crippen LogP contribution in [-0.2, 0) is 16.0 Å². The molecule has 2 heterocycles. The van der Waals surface area contributed by atoms with Gasteiger partial charge in [-0.3, -0.25) is 0 Å². The summed E-state index contributed by atoms with van der Waals surface area (Å²) in [4.78, 5) is 2.12. The largest absolute Gasteiger partial charge is 0.407 e. The van der Waals surface area contributed by atoms with E-state index in [-0.39, 0.29) is 6.10 Å². The Morgan fingerprint density at radius 3 is 3.10 bits per heavy atom. The highest BCUT2D eigenvalue weighted by Gasteiger charge is 2.24. The molecule has 7 heteroatoms. The molecule has 2 rings (SSSR count). The van der Waals surface area contributed by atoms with Crippen molar-refractivity contribution >= 4 is 6.01 Å². The van der Waals surface area contributed by atoms with Crippen molar-refractivity contribution in [3.05, 3.63) is 5.89 Å². The zero-order valence-corrected chi connectivity index (χ0v) is 13.0. The number of methoxy groups -OCH3 is 1. The van der Waals surface area contributed by atoms with Crippen LogP contribution in [0.4, 0.5) is 6.01 Å². The molecule has 7 nitrogen and oxygen atoms in total. The molecule has 1 atom stereocenters. The number of hydrogen-bond acceptors (Lipinski definition) is 7. The van der Waals surface area contributed by atoms with Crippen LogP contribution in [0.5, 0.6) is 0 Å². The van der Waals surface area contributed by atoms with E-state index in [9.17, 15) is 0 Å². The zero-order chi connectivity index (χ0) is 14.9. The van der Waals surface area contributed by atoms with Gasteiger partial charge in [0.25, 0.3) is 0 Å². The van der Waals surface area contributed by atoms with E-state index >= 15 is 0 Å². The van der Waals surface area contributed by atoms with Gasteiger partial charge in [-0.1, -0.05) is 12.0 Å². The van der Waals surface area contributed by atoms with Crippen molar-refractivity contribution < 1.29 is 13.9 Å². The van der Waals surface area contributed by atoms with Crippen LogP contribution in [0.25, 0.3) is 0 Å². The molecule has 1 aliphatic heterocycles. The molecule has 120 valence electrons. The van der Waals surface area contributed by atoms with Gasteiger partial charge in [-0.25, -0.2) is 0 Å². The van der Waals surface area contributed by atoms with E-state index in [1.165, 1.54) is 0 Å². The predicted octanol–water partition coefficient (Wildman–Crippen LogP) is 1.20. The molecule has 1 aromatic rings. The third-order valence-corrected chi connectivity index (χ3v) is 3.42. The molecule has 0 aromatic carbocycles. The molecule has 0 saturated carbocycles. The average molecular weight is 298 g/mol. The molecule has 0 bridgehead atoms. The standard InChI is InChI=1S/C14H26N4O3/c1-3-8-20-12-5-4-7-18(11-12)14-17-16-13(21-14)10-15-6-9-19-2/h12,15H,3-11H2,1-2H3. The van der Waals surface area contributed by atoms with Gasteiger partial charge in [-0.15, -0.1) is 5.10 Å². The highest BCUT2D eigenvalue weighted by Crippen LogP contribution is 2.20. The maximum absolute atomic E-state index is 5.82. The molecule has 1 aromatic heterocycles. The Morgan fingerprint density at radius 1 is 1.38 bits per heavy atom. The van der Waals surface area contributed by atoms with Gasteiger partial charge in [-0.05, 0) is 19.3 Å². The van der Waals surface area contributed by atoms with E-state index in [4.69, 9.17) is 13.9 Å². The van der Waals surface area contributed by atoms with Crippen LogP contribution in [-0.4, -0.2) is 56.3 Å². The van der Waals surface area contributed by atoms with Crippen molar-refractivity contribution in [2.75, 3.05) is 44.9 Å². The number of hydrogen-bond donors (Lipinski definition) is 1. The summed E-state index contributed by atoms with van der Waals surface area (Å²) in [6, 6.07) is 0.600. The second-order valence-electron chi connectivity index (χ2n) is 5.23. The summed E-state index contributed by atoms with van der Waals surface area (Å²) in [5, 5.41) is 11.4. The first-order valence-corrected chi connectivity index (χ1v) is 7.72. The molecule has 0 aliphatic carbocycles. The van der Waals surface area contributed by atoms with Crippen molar-refractivity contribution in [2.45, 2.75) is 38.8 Å². The zero-order valence-electron chi connectivity index (χ0n) is 13.0. The van der Waals surface area contributed by atoms with Gasteiger partial charge in [0.05, 0.1) is 19.3 Å². The minimum absolute atomic E-state index is 0.272. The molecular weight excluding hydrogens is 272 g/mol. The second-order valence-corrected chi connectivity index (χ2v) is 5.23. The van der Waals surface area contributed by atoms with E-state index in [0.29, 0.717) is 25.1 Å². The molecule has 0 radical (unpaired) electrons. The SMILES string of the molecule is CCCOC1CCCN(c2nnc(CNCCOC)o2)C1. The summed E-state index contributed by atoms with van der Waals surface area (Å²) in [6.45, 7) is 6.73. The molecular formula is C14H26N4O3. The Labute approximate surface area is 126 Å². The van der Waals surface area contributed by atoms with E-state index in [1.54, 1.807) is 7.11 Å². The molecule has 1 saturated heterocycles. The van der Waals surface area contributed by atoms with Gasteiger partial charge in [0.1, 0.15) is 0 Å². The number of piperidine rings is 1. The Morgan fingerprint density at radius 2 is 2.29 bits per heavy atom. The molecule has 1 aliphatic rings. The summed E-state index contributed by atoms with van der Waals surface area (Å²) in [6.07, 6.45) is 3.52. The van der Waals surface area contributed by atoms with Gasteiger partial charge in [-0.2, -0.15) is 0 Å². The molecule has 21 heavy (non-hydrogen) atoms. The maximum atomic E-state index is 5.82. The summed E-state index contributed by atoms with van der Waals surface area (Å²) in [5.74, 6) is 0.609. The number of anilines is 1. The van der Waals surface area contributed by atoms with Crippen LogP contribution in [0.2, 0.25) is 0 Å². The summed E-state index contributed by atoms with van der Waals surface area (Å²) < 4.78 is 16.5. The quantitative estimate of drug-likeness (QED) is 0.687. The highest BCUT2D eigenvalue weighted by atomic mass is 16.5. The smallest absolute Gasteiger partial charge is 0.318 e. The number of nitrogens with one attached hydrogen (secondary N) is 1. The molecule has 0 spiro atoms. The summed E-state index contributed by atoms with van der Waals surface area (Å²) in [7, 11) is 1.68. The minimum Gasteiger partial charge on any atom is -0.407 e. The van der Waals surface area contributed by atoms with Crippen molar-refractivity contribution in [1.29, 1.82) is 0 Å². The average Bonchev–Trinajstić information content (AvgIpc) is 2.99.